The van der Waals surface area contributed by atoms with Gasteiger partial charge >= 0.3 is 6.18 Å². The van der Waals surface area contributed by atoms with E-state index < -0.39 is 17.6 Å². The second-order valence-corrected chi connectivity index (χ2v) is 5.42. The minimum atomic E-state index is -4.46. The predicted octanol–water partition coefficient (Wildman–Crippen LogP) is 5.06. The highest BCUT2D eigenvalue weighted by Crippen LogP contribution is 2.30. The first kappa shape index (κ1) is 17.4. The van der Waals surface area contributed by atoms with E-state index in [2.05, 4.69) is 10.6 Å². The Hall–Kier alpha value is -1.92. The van der Waals surface area contributed by atoms with Crippen LogP contribution in [0.4, 0.5) is 24.5 Å². The molecule has 0 unspecified atom stereocenters. The molecule has 2 aromatic carbocycles. The van der Waals surface area contributed by atoms with Crippen LogP contribution in [-0.2, 0) is 11.0 Å². The molecule has 0 saturated heterocycles. The lowest BCUT2D eigenvalue weighted by Crippen LogP contribution is -2.22. The van der Waals surface area contributed by atoms with Gasteiger partial charge in [-0.1, -0.05) is 29.3 Å². The van der Waals surface area contributed by atoms with Crippen molar-refractivity contribution in [3.05, 3.63) is 58.1 Å². The van der Waals surface area contributed by atoms with E-state index in [4.69, 9.17) is 23.2 Å². The van der Waals surface area contributed by atoms with E-state index in [0.717, 1.165) is 12.1 Å². The minimum absolute atomic E-state index is 0.0702. The van der Waals surface area contributed by atoms with Gasteiger partial charge in [-0.2, -0.15) is 13.2 Å². The van der Waals surface area contributed by atoms with Crippen molar-refractivity contribution >= 4 is 40.5 Å². The van der Waals surface area contributed by atoms with Gasteiger partial charge in [-0.05, 0) is 36.4 Å². The molecule has 2 rings (SSSR count). The van der Waals surface area contributed by atoms with Crippen molar-refractivity contribution in [2.75, 3.05) is 17.2 Å². The molecule has 1 amide bonds. The van der Waals surface area contributed by atoms with Crippen molar-refractivity contribution < 1.29 is 18.0 Å². The zero-order valence-electron chi connectivity index (χ0n) is 11.5. The van der Waals surface area contributed by atoms with E-state index in [9.17, 15) is 18.0 Å². The van der Waals surface area contributed by atoms with Crippen LogP contribution in [0.5, 0.6) is 0 Å². The Morgan fingerprint density at radius 3 is 2.39 bits per heavy atom. The number of hydrogen-bond acceptors (Lipinski definition) is 2. The molecule has 8 heteroatoms. The summed E-state index contributed by atoms with van der Waals surface area (Å²) in [5.41, 5.74) is -0.188. The summed E-state index contributed by atoms with van der Waals surface area (Å²) in [7, 11) is 0. The highest BCUT2D eigenvalue weighted by atomic mass is 35.5. The summed E-state index contributed by atoms with van der Waals surface area (Å²) in [6.45, 7) is -0.131. The van der Waals surface area contributed by atoms with Gasteiger partial charge < -0.3 is 10.6 Å². The molecule has 0 bridgehead atoms. The van der Waals surface area contributed by atoms with Crippen LogP contribution >= 0.6 is 23.2 Å². The number of anilines is 2. The Labute approximate surface area is 140 Å². The zero-order valence-corrected chi connectivity index (χ0v) is 13.1. The third kappa shape index (κ3) is 5.04. The summed E-state index contributed by atoms with van der Waals surface area (Å²) in [5.74, 6) is -0.490. The molecular formula is C15H11Cl2F3N2O. The number of halogens is 5. The molecule has 0 aliphatic heterocycles. The van der Waals surface area contributed by atoms with E-state index in [0.29, 0.717) is 15.7 Å². The molecule has 0 fully saturated rings. The van der Waals surface area contributed by atoms with Gasteiger partial charge in [0.1, 0.15) is 0 Å². The second kappa shape index (κ2) is 7.10. The summed E-state index contributed by atoms with van der Waals surface area (Å²) >= 11 is 11.6. The maximum atomic E-state index is 12.6. The number of alkyl halides is 3. The summed E-state index contributed by atoms with van der Waals surface area (Å²) in [6, 6.07) is 9.15. The molecule has 0 saturated carbocycles. The van der Waals surface area contributed by atoms with Crippen LogP contribution in [0.25, 0.3) is 0 Å². The predicted molar refractivity (Wildman–Crippen MR) is 85.0 cm³/mol. The molecular weight excluding hydrogens is 352 g/mol. The molecule has 3 nitrogen and oxygen atoms in total. The van der Waals surface area contributed by atoms with Crippen LogP contribution in [0.15, 0.2) is 42.5 Å². The van der Waals surface area contributed by atoms with Crippen LogP contribution in [0.2, 0.25) is 10.0 Å². The smallest absolute Gasteiger partial charge is 0.376 e. The lowest BCUT2D eigenvalue weighted by atomic mass is 10.2. The molecule has 0 atom stereocenters. The highest BCUT2D eigenvalue weighted by molar-refractivity contribution is 6.42. The maximum Gasteiger partial charge on any atom is 0.416 e. The number of nitrogens with one attached hydrogen (secondary N) is 2. The molecule has 0 heterocycles. The monoisotopic (exact) mass is 362 g/mol. The van der Waals surface area contributed by atoms with Crippen LogP contribution in [-0.4, -0.2) is 12.5 Å². The minimum Gasteiger partial charge on any atom is -0.376 e. The first-order valence-corrected chi connectivity index (χ1v) is 7.17. The molecule has 23 heavy (non-hydrogen) atoms. The lowest BCUT2D eigenvalue weighted by Gasteiger charge is -2.11. The largest absolute Gasteiger partial charge is 0.416 e. The van der Waals surface area contributed by atoms with Gasteiger partial charge in [0.15, 0.2) is 0 Å². The van der Waals surface area contributed by atoms with Crippen molar-refractivity contribution in [1.82, 2.24) is 0 Å². The SMILES string of the molecule is O=C(CNc1ccc(Cl)c(Cl)c1)Nc1cccc(C(F)(F)F)c1. The first-order chi connectivity index (χ1) is 10.8. The van der Waals surface area contributed by atoms with Crippen LogP contribution in [0.3, 0.4) is 0 Å². The van der Waals surface area contributed by atoms with E-state index in [1.807, 2.05) is 0 Å². The summed E-state index contributed by atoms with van der Waals surface area (Å²) in [5, 5.41) is 5.90. The van der Waals surface area contributed by atoms with Gasteiger partial charge in [0, 0.05) is 11.4 Å². The zero-order chi connectivity index (χ0) is 17.0. The van der Waals surface area contributed by atoms with Gasteiger partial charge in [-0.25, -0.2) is 0 Å². The fourth-order valence-corrected chi connectivity index (χ4v) is 2.06. The molecule has 0 radical (unpaired) electrons. The van der Waals surface area contributed by atoms with Gasteiger partial charge in [-0.15, -0.1) is 0 Å². The van der Waals surface area contributed by atoms with Crippen molar-refractivity contribution in [2.45, 2.75) is 6.18 Å². The Morgan fingerprint density at radius 2 is 1.74 bits per heavy atom. The Balaban J connectivity index is 1.96. The van der Waals surface area contributed by atoms with Crippen molar-refractivity contribution in [3.8, 4) is 0 Å². The number of rotatable bonds is 4. The Bertz CT molecular complexity index is 720. The third-order valence-electron chi connectivity index (χ3n) is 2.85. The average Bonchev–Trinajstić information content (AvgIpc) is 2.48. The topological polar surface area (TPSA) is 41.1 Å². The van der Waals surface area contributed by atoms with Crippen LogP contribution < -0.4 is 10.6 Å². The van der Waals surface area contributed by atoms with Crippen LogP contribution in [0.1, 0.15) is 5.56 Å². The van der Waals surface area contributed by atoms with Crippen molar-refractivity contribution in [2.24, 2.45) is 0 Å². The van der Waals surface area contributed by atoms with Gasteiger partial charge in [0.2, 0.25) is 5.91 Å². The number of carbonyl (C=O) groups excluding carboxylic acids is 1. The standard InChI is InChI=1S/C15H11Cl2F3N2O/c16-12-5-4-10(7-13(12)17)21-8-14(23)22-11-3-1-2-9(6-11)15(18,19)20/h1-7,21H,8H2,(H,22,23). The van der Waals surface area contributed by atoms with Gasteiger partial charge in [0.25, 0.3) is 0 Å². The number of hydrogen-bond donors (Lipinski definition) is 2. The average molecular weight is 363 g/mol. The van der Waals surface area contributed by atoms with E-state index >= 15 is 0 Å². The Morgan fingerprint density at radius 1 is 1.00 bits per heavy atom. The lowest BCUT2D eigenvalue weighted by molar-refractivity contribution is -0.137. The summed E-state index contributed by atoms with van der Waals surface area (Å²) < 4.78 is 37.8. The molecule has 0 aliphatic rings. The maximum absolute atomic E-state index is 12.6. The second-order valence-electron chi connectivity index (χ2n) is 4.61. The quantitative estimate of drug-likeness (QED) is 0.797. The molecule has 0 spiro atoms. The first-order valence-electron chi connectivity index (χ1n) is 6.42. The van der Waals surface area contributed by atoms with Crippen LogP contribution in [0, 0.1) is 0 Å². The van der Waals surface area contributed by atoms with E-state index in [-0.39, 0.29) is 12.2 Å². The normalized spacial score (nSPS) is 11.2. The molecule has 122 valence electrons. The molecule has 0 aliphatic carbocycles. The van der Waals surface area contributed by atoms with Gasteiger partial charge in [0.05, 0.1) is 22.2 Å². The number of benzene rings is 2. The fourth-order valence-electron chi connectivity index (χ4n) is 1.77. The number of carbonyl (C=O) groups is 1. The van der Waals surface area contributed by atoms with Gasteiger partial charge in [-0.3, -0.25) is 4.79 Å². The fraction of sp³-hybridized carbons (Fsp3) is 0.133. The third-order valence-corrected chi connectivity index (χ3v) is 3.59. The molecule has 2 N–H and O–H groups in total. The summed E-state index contributed by atoms with van der Waals surface area (Å²) in [4.78, 5) is 11.8. The molecule has 0 aromatic heterocycles. The Kier molecular flexibility index (Phi) is 5.38. The van der Waals surface area contributed by atoms with Crippen molar-refractivity contribution in [1.29, 1.82) is 0 Å². The van der Waals surface area contributed by atoms with E-state index in [1.54, 1.807) is 18.2 Å². The van der Waals surface area contributed by atoms with E-state index in [1.165, 1.54) is 12.1 Å². The van der Waals surface area contributed by atoms with Crippen molar-refractivity contribution in [3.63, 3.8) is 0 Å². The number of amides is 1. The highest BCUT2D eigenvalue weighted by Gasteiger charge is 2.30. The molecule has 2 aromatic rings. The summed E-state index contributed by atoms with van der Waals surface area (Å²) in [6.07, 6.45) is -4.46.